The lowest BCUT2D eigenvalue weighted by Gasteiger charge is -2.14. The van der Waals surface area contributed by atoms with Crippen LogP contribution in [0, 0.1) is 12.5 Å². The number of hydrogen-bond donors (Lipinski definition) is 5. The third kappa shape index (κ3) is 12.2. The summed E-state index contributed by atoms with van der Waals surface area (Å²) in [6.45, 7) is 1.85. The number of terminal acetylenes is 1. The third-order valence-electron chi connectivity index (χ3n) is 7.18. The fraction of sp³-hybridized carbons (Fsp3) is 0.118. The first-order chi connectivity index (χ1) is 27.2. The number of nitrogens with two attached hydrogens (primary N) is 1. The van der Waals surface area contributed by atoms with E-state index < -0.39 is 42.3 Å². The van der Waals surface area contributed by atoms with E-state index in [2.05, 4.69) is 39.7 Å². The maximum atomic E-state index is 12.7. The van der Waals surface area contributed by atoms with Gasteiger partial charge in [-0.25, -0.2) is 18.5 Å². The molecule has 0 fully saturated rings. The molecule has 0 amide bonds. The number of sulfone groups is 1. The van der Waals surface area contributed by atoms with Crippen LogP contribution in [0.15, 0.2) is 125 Å². The van der Waals surface area contributed by atoms with Crippen molar-refractivity contribution in [2.45, 2.75) is 39.3 Å². The minimum absolute atomic E-state index is 0. The molecule has 0 radical (unpaired) electrons. The molecule has 0 spiro atoms. The number of anilines is 1. The van der Waals surface area contributed by atoms with Gasteiger partial charge in [0.25, 0.3) is 10.1 Å². The minimum Gasteiger partial charge on any atom is -0.505 e. The Balaban J connectivity index is 0.000000793. The minimum atomic E-state index is -5.03. The van der Waals surface area contributed by atoms with Crippen LogP contribution in [0.3, 0.4) is 0 Å². The molecule has 0 aliphatic heterocycles. The van der Waals surface area contributed by atoms with Gasteiger partial charge in [-0.15, -0.1) is 14.6 Å². The zero-order chi connectivity index (χ0) is 41.6. The Hall–Kier alpha value is -5.68. The number of phenolic OH excluding ortho intramolecular Hbond substituents is 1. The van der Waals surface area contributed by atoms with Crippen molar-refractivity contribution in [3.63, 3.8) is 0 Å². The molecule has 4 aromatic carbocycles. The van der Waals surface area contributed by atoms with Gasteiger partial charge in [0, 0.05) is 18.7 Å². The van der Waals surface area contributed by atoms with Crippen LogP contribution in [-0.2, 0) is 38.5 Å². The van der Waals surface area contributed by atoms with Gasteiger partial charge < -0.3 is 15.9 Å². The van der Waals surface area contributed by atoms with E-state index in [1.54, 1.807) is 30.3 Å². The lowest BCUT2D eigenvalue weighted by Crippen LogP contribution is -2.06. The SMILES string of the molecule is C#COOSc1ccc(N=Nc2c(SOOO)cc3cc(S(=O)(=O)O)c(N=Nc4cccc(S(=O)(=O)CCCC)c4)c(O)c3c2N)cc1.O=C(O)c1cccnc1.[HH]. The smallest absolute Gasteiger partial charge is 0.337 e. The van der Waals surface area contributed by atoms with Crippen LogP contribution in [0.1, 0.15) is 31.6 Å². The number of aromatic carboxylic acids is 1. The van der Waals surface area contributed by atoms with Gasteiger partial charge in [-0.05, 0) is 78.5 Å². The van der Waals surface area contributed by atoms with E-state index in [-0.39, 0.29) is 50.4 Å². The molecule has 0 aliphatic rings. The largest absolute Gasteiger partial charge is 0.505 e. The molecule has 19 nitrogen and oxygen atoms in total. The molecule has 0 aliphatic carbocycles. The molecule has 57 heavy (non-hydrogen) atoms. The molecule has 0 atom stereocenters. The number of phenols is 1. The fourth-order valence-electron chi connectivity index (χ4n) is 4.56. The average Bonchev–Trinajstić information content (AvgIpc) is 3.19. The van der Waals surface area contributed by atoms with Gasteiger partial charge >= 0.3 is 5.97 Å². The van der Waals surface area contributed by atoms with E-state index in [0.717, 1.165) is 18.1 Å². The van der Waals surface area contributed by atoms with E-state index in [1.165, 1.54) is 48.8 Å². The zero-order valence-electron chi connectivity index (χ0n) is 29.2. The topological polar surface area (TPSA) is 292 Å². The highest BCUT2D eigenvalue weighted by atomic mass is 32.2. The highest BCUT2D eigenvalue weighted by Crippen LogP contribution is 2.49. The van der Waals surface area contributed by atoms with Crippen LogP contribution >= 0.6 is 24.1 Å². The van der Waals surface area contributed by atoms with Gasteiger partial charge in [-0.1, -0.05) is 35.2 Å². The monoisotopic (exact) mass is 860 g/mol. The first-order valence-electron chi connectivity index (χ1n) is 15.8. The van der Waals surface area contributed by atoms with Crippen LogP contribution in [0.2, 0.25) is 0 Å². The quantitative estimate of drug-likeness (QED) is 0.00905. The molecule has 6 N–H and O–H groups in total. The molecule has 1 aromatic heterocycles. The van der Waals surface area contributed by atoms with Crippen LogP contribution in [0.5, 0.6) is 5.75 Å². The lowest BCUT2D eigenvalue weighted by molar-refractivity contribution is -0.432. The van der Waals surface area contributed by atoms with Crippen LogP contribution < -0.4 is 5.73 Å². The highest BCUT2D eigenvalue weighted by molar-refractivity contribution is 7.95. The molecule has 300 valence electrons. The number of azo groups is 2. The van der Waals surface area contributed by atoms with E-state index in [9.17, 15) is 31.3 Å². The number of aromatic nitrogens is 1. The fourth-order valence-corrected chi connectivity index (χ4v) is 7.62. The van der Waals surface area contributed by atoms with Crippen molar-refractivity contribution in [2.75, 3.05) is 11.5 Å². The molecular formula is C34H32N6O13S4. The van der Waals surface area contributed by atoms with E-state index in [4.69, 9.17) is 26.9 Å². The summed E-state index contributed by atoms with van der Waals surface area (Å²) < 4.78 is 69.4. The van der Waals surface area contributed by atoms with E-state index in [0.29, 0.717) is 35.5 Å². The number of carboxylic acids is 1. The number of hydrogen-bond acceptors (Lipinski definition) is 19. The van der Waals surface area contributed by atoms with Gasteiger partial charge in [0.05, 0.1) is 67.6 Å². The number of fused-ring (bicyclic) bond motifs is 1. The summed E-state index contributed by atoms with van der Waals surface area (Å²) >= 11 is 1.27. The summed E-state index contributed by atoms with van der Waals surface area (Å²) in [4.78, 5) is 17.9. The molecule has 23 heteroatoms. The maximum Gasteiger partial charge on any atom is 0.337 e. The first kappa shape index (κ1) is 44.0. The summed E-state index contributed by atoms with van der Waals surface area (Å²) in [5.41, 5.74) is 5.94. The third-order valence-corrected chi connectivity index (χ3v) is 11.1. The zero-order valence-corrected chi connectivity index (χ0v) is 32.5. The summed E-state index contributed by atoms with van der Waals surface area (Å²) in [7, 11) is -8.65. The molecule has 0 saturated carbocycles. The number of benzene rings is 4. The summed E-state index contributed by atoms with van der Waals surface area (Å²) in [6.07, 6.45) is 10.8. The van der Waals surface area contributed by atoms with Crippen LogP contribution in [-0.4, -0.2) is 53.6 Å². The molecule has 0 unspecified atom stereocenters. The number of rotatable bonds is 16. The van der Waals surface area contributed by atoms with Crippen molar-refractivity contribution >= 4 is 89.2 Å². The molecular weight excluding hydrogens is 829 g/mol. The molecule has 5 aromatic rings. The number of unbranched alkanes of at least 4 members (excludes halogenated alkanes) is 1. The Morgan fingerprint density at radius 1 is 0.947 bits per heavy atom. The number of aromatic hydroxyl groups is 1. The maximum absolute atomic E-state index is 12.7. The molecule has 0 saturated heterocycles. The van der Waals surface area contributed by atoms with Crippen molar-refractivity contribution in [3.8, 4) is 18.3 Å². The molecule has 0 bridgehead atoms. The molecule has 1 heterocycles. The second-order valence-electron chi connectivity index (χ2n) is 11.0. The molecule has 5 rings (SSSR count). The summed E-state index contributed by atoms with van der Waals surface area (Å²) in [5, 5.41) is 48.0. The first-order valence-corrected chi connectivity index (χ1v) is 20.4. The van der Waals surface area contributed by atoms with Crippen LogP contribution in [0.4, 0.5) is 28.4 Å². The Morgan fingerprint density at radius 2 is 1.67 bits per heavy atom. The van der Waals surface area contributed by atoms with Crippen molar-refractivity contribution < 1.29 is 61.7 Å². The van der Waals surface area contributed by atoms with E-state index >= 15 is 0 Å². The number of carboxylic acid groups (broad SMARTS) is 1. The Morgan fingerprint density at radius 3 is 2.28 bits per heavy atom. The van der Waals surface area contributed by atoms with Gasteiger partial charge in [0.1, 0.15) is 16.3 Å². The predicted octanol–water partition coefficient (Wildman–Crippen LogP) is 8.78. The van der Waals surface area contributed by atoms with Crippen molar-refractivity contribution in [1.29, 1.82) is 0 Å². The number of nitrogen functional groups attached to an aromatic ring is 1. The van der Waals surface area contributed by atoms with Crippen molar-refractivity contribution in [3.05, 3.63) is 90.8 Å². The summed E-state index contributed by atoms with van der Waals surface area (Å²) in [5.74, 6) is -1.84. The second-order valence-corrected chi connectivity index (χ2v) is 16.0. The standard InChI is InChI=1S/C28H25N5O11S4.C6H5NO2.H2/c1-3-5-13-47(36,37)21-8-6-7-19(16-21)31-33-27-23(48(38,39)40)15-17-14-22(46-44-42-35)26(25(29)24(17)28(27)34)32-30-18-9-11-20(12-10-18)45-43-41-4-2;8-6(9)5-2-1-3-7-4-5;/h2,6-12,14-16,34-35H,3,5,13,29H2,1H3,(H,38,39,40);1-4H,(H,8,9);1H. The van der Waals surface area contributed by atoms with Crippen LogP contribution in [0.25, 0.3) is 10.8 Å². The Bertz CT molecular complexity index is 2540. The number of pyridine rings is 1. The van der Waals surface area contributed by atoms with Gasteiger partial charge in [0.2, 0.25) is 0 Å². The normalized spacial score (nSPS) is 11.7. The highest BCUT2D eigenvalue weighted by Gasteiger charge is 2.26. The summed E-state index contributed by atoms with van der Waals surface area (Å²) in [6, 6.07) is 17.2. The van der Waals surface area contributed by atoms with Crippen molar-refractivity contribution in [1.82, 2.24) is 4.98 Å². The Labute approximate surface area is 334 Å². The number of nitrogens with zero attached hydrogens (tertiary/aromatic N) is 5. The predicted molar refractivity (Wildman–Crippen MR) is 209 cm³/mol. The van der Waals surface area contributed by atoms with E-state index in [1.807, 2.05) is 13.0 Å². The van der Waals surface area contributed by atoms with Gasteiger partial charge in [0.15, 0.2) is 21.7 Å². The Kier molecular flexibility index (Phi) is 15.8. The lowest BCUT2D eigenvalue weighted by atomic mass is 10.1. The van der Waals surface area contributed by atoms with Gasteiger partial charge in [-0.2, -0.15) is 18.6 Å². The van der Waals surface area contributed by atoms with Gasteiger partial charge in [-0.3, -0.25) is 14.4 Å². The second kappa shape index (κ2) is 20.5. The van der Waals surface area contributed by atoms with Crippen molar-refractivity contribution in [2.24, 2.45) is 20.5 Å². The number of carbonyl (C=O) groups is 1. The average molecular weight is 861 g/mol.